The van der Waals surface area contributed by atoms with E-state index in [0.717, 1.165) is 13.0 Å². The Morgan fingerprint density at radius 1 is 1.00 bits per heavy atom. The second-order valence-corrected chi connectivity index (χ2v) is 6.36. The molecule has 0 spiro atoms. The fourth-order valence-electron chi connectivity index (χ4n) is 3.06. The van der Waals surface area contributed by atoms with Crippen LogP contribution in [0.2, 0.25) is 0 Å². The average molecular weight is 299 g/mol. The van der Waals surface area contributed by atoms with Crippen LogP contribution in [0.15, 0.2) is 11.6 Å². The van der Waals surface area contributed by atoms with Crippen LogP contribution in [0.5, 0.6) is 0 Å². The average Bonchev–Trinajstić information content (AvgIpc) is 2.45. The zero-order chi connectivity index (χ0) is 15.0. The molecule has 1 N–H and O–H groups in total. The Kier molecular flexibility index (Phi) is 11.1. The first kappa shape index (κ1) is 20.7. The highest BCUT2D eigenvalue weighted by Crippen LogP contribution is 2.33. The molecule has 21 heavy (non-hydrogen) atoms. The summed E-state index contributed by atoms with van der Waals surface area (Å²) in [5.41, 5.74) is 1.29. The van der Waals surface area contributed by atoms with E-state index in [1.54, 1.807) is 0 Å². The van der Waals surface area contributed by atoms with Gasteiger partial charge >= 0.3 is 0 Å². The van der Waals surface area contributed by atoms with Gasteiger partial charge in [-0.1, -0.05) is 73.3 Å². The monoisotopic (exact) mass is 298 g/mol. The maximum atomic E-state index is 10.0. The molecule has 0 saturated carbocycles. The van der Waals surface area contributed by atoms with Crippen LogP contribution in [-0.4, -0.2) is 23.9 Å². The molecule has 1 aliphatic carbocycles. The van der Waals surface area contributed by atoms with Crippen LogP contribution in [0.1, 0.15) is 80.1 Å². The molecular formula is C19H38O2. The molecule has 4 unspecified atom stereocenters. The molecule has 4 atom stereocenters. The third-order valence-corrected chi connectivity index (χ3v) is 4.80. The summed E-state index contributed by atoms with van der Waals surface area (Å²) < 4.78 is 6.14. The van der Waals surface area contributed by atoms with Crippen LogP contribution < -0.4 is 0 Å². The first-order valence-corrected chi connectivity index (χ1v) is 8.62. The van der Waals surface area contributed by atoms with E-state index in [1.165, 1.54) is 44.1 Å². The SMILES string of the molecule is C.CCCCCCCCOC1C(CC)=CC(O)C(C)C1C. The van der Waals surface area contributed by atoms with Crippen molar-refractivity contribution in [3.05, 3.63) is 11.6 Å². The third-order valence-electron chi connectivity index (χ3n) is 4.80. The van der Waals surface area contributed by atoms with Crippen LogP contribution in [0.25, 0.3) is 0 Å². The summed E-state index contributed by atoms with van der Waals surface area (Å²) in [7, 11) is 0. The van der Waals surface area contributed by atoms with Gasteiger partial charge in [-0.2, -0.15) is 0 Å². The summed E-state index contributed by atoms with van der Waals surface area (Å²) in [5, 5.41) is 10.0. The highest BCUT2D eigenvalue weighted by Gasteiger charge is 2.33. The highest BCUT2D eigenvalue weighted by atomic mass is 16.5. The predicted octanol–water partition coefficient (Wildman–Crippen LogP) is 5.35. The predicted molar refractivity (Wildman–Crippen MR) is 92.6 cm³/mol. The molecule has 0 aromatic heterocycles. The second-order valence-electron chi connectivity index (χ2n) is 6.36. The molecule has 126 valence electrons. The van der Waals surface area contributed by atoms with Gasteiger partial charge in [-0.3, -0.25) is 0 Å². The quantitative estimate of drug-likeness (QED) is 0.459. The first-order chi connectivity index (χ1) is 9.61. The van der Waals surface area contributed by atoms with E-state index >= 15 is 0 Å². The lowest BCUT2D eigenvalue weighted by atomic mass is 9.77. The number of rotatable bonds is 9. The van der Waals surface area contributed by atoms with Crippen molar-refractivity contribution >= 4 is 0 Å². The van der Waals surface area contributed by atoms with Gasteiger partial charge in [0.15, 0.2) is 0 Å². The van der Waals surface area contributed by atoms with Gasteiger partial charge in [0.25, 0.3) is 0 Å². The minimum atomic E-state index is -0.297. The van der Waals surface area contributed by atoms with Gasteiger partial charge in [-0.05, 0) is 30.3 Å². The Labute approximate surface area is 133 Å². The van der Waals surface area contributed by atoms with Crippen molar-refractivity contribution in [2.45, 2.75) is 92.3 Å². The number of ether oxygens (including phenoxy) is 1. The molecule has 2 heteroatoms. The summed E-state index contributed by atoms with van der Waals surface area (Å²) in [6, 6.07) is 0. The minimum Gasteiger partial charge on any atom is -0.389 e. The molecule has 0 heterocycles. The van der Waals surface area contributed by atoms with Crippen molar-refractivity contribution in [3.63, 3.8) is 0 Å². The molecule has 0 aromatic rings. The Hall–Kier alpha value is -0.340. The van der Waals surface area contributed by atoms with Gasteiger partial charge in [0.1, 0.15) is 0 Å². The van der Waals surface area contributed by atoms with Crippen LogP contribution >= 0.6 is 0 Å². The van der Waals surface area contributed by atoms with E-state index in [9.17, 15) is 5.11 Å². The first-order valence-electron chi connectivity index (χ1n) is 8.62. The van der Waals surface area contributed by atoms with Crippen molar-refractivity contribution in [1.29, 1.82) is 0 Å². The Bertz CT molecular complexity index is 285. The summed E-state index contributed by atoms with van der Waals surface area (Å²) >= 11 is 0. The van der Waals surface area contributed by atoms with Gasteiger partial charge in [-0.15, -0.1) is 0 Å². The maximum absolute atomic E-state index is 10.0. The lowest BCUT2D eigenvalue weighted by Gasteiger charge is -2.37. The van der Waals surface area contributed by atoms with Crippen LogP contribution in [0, 0.1) is 11.8 Å². The lowest BCUT2D eigenvalue weighted by Crippen LogP contribution is -2.38. The third kappa shape index (κ3) is 6.52. The van der Waals surface area contributed by atoms with E-state index in [-0.39, 0.29) is 19.6 Å². The molecule has 1 aliphatic rings. The molecule has 0 aliphatic heterocycles. The van der Waals surface area contributed by atoms with Gasteiger partial charge in [-0.25, -0.2) is 0 Å². The maximum Gasteiger partial charge on any atom is 0.0814 e. The van der Waals surface area contributed by atoms with E-state index in [2.05, 4.69) is 27.7 Å². The van der Waals surface area contributed by atoms with Crippen LogP contribution in [0.3, 0.4) is 0 Å². The normalized spacial score (nSPS) is 28.9. The highest BCUT2D eigenvalue weighted by molar-refractivity contribution is 5.17. The van der Waals surface area contributed by atoms with E-state index in [1.807, 2.05) is 6.08 Å². The minimum absolute atomic E-state index is 0. The van der Waals surface area contributed by atoms with Crippen molar-refractivity contribution in [2.75, 3.05) is 6.61 Å². The van der Waals surface area contributed by atoms with Crippen LogP contribution in [0.4, 0.5) is 0 Å². The van der Waals surface area contributed by atoms with Gasteiger partial charge < -0.3 is 9.84 Å². The molecule has 0 saturated heterocycles. The van der Waals surface area contributed by atoms with Crippen LogP contribution in [-0.2, 0) is 4.74 Å². The molecular weight excluding hydrogens is 260 g/mol. The number of unbranched alkanes of at least 4 members (excludes halogenated alkanes) is 5. The topological polar surface area (TPSA) is 29.5 Å². The lowest BCUT2D eigenvalue weighted by molar-refractivity contribution is -0.0119. The molecule has 2 nitrogen and oxygen atoms in total. The fourth-order valence-corrected chi connectivity index (χ4v) is 3.06. The smallest absolute Gasteiger partial charge is 0.0814 e. The van der Waals surface area contributed by atoms with Gasteiger partial charge in [0.2, 0.25) is 0 Å². The fraction of sp³-hybridized carbons (Fsp3) is 0.895. The van der Waals surface area contributed by atoms with E-state index in [4.69, 9.17) is 4.74 Å². The van der Waals surface area contributed by atoms with Crippen molar-refractivity contribution in [2.24, 2.45) is 11.8 Å². The number of aliphatic hydroxyl groups excluding tert-OH is 1. The number of hydrogen-bond donors (Lipinski definition) is 1. The summed E-state index contributed by atoms with van der Waals surface area (Å²) in [6.07, 6.45) is 10.7. The van der Waals surface area contributed by atoms with Gasteiger partial charge in [0.05, 0.1) is 12.2 Å². The number of hydrogen-bond acceptors (Lipinski definition) is 2. The summed E-state index contributed by atoms with van der Waals surface area (Å²) in [5.74, 6) is 0.699. The standard InChI is InChI=1S/C18H34O2.CH4/c1-5-7-8-9-10-11-12-20-18-15(4)14(3)17(19)13-16(18)6-2;/h13-15,17-19H,5-12H2,1-4H3;1H4. The largest absolute Gasteiger partial charge is 0.389 e. The molecule has 1 rings (SSSR count). The Balaban J connectivity index is 0.00000400. The zero-order valence-corrected chi connectivity index (χ0v) is 13.9. The van der Waals surface area contributed by atoms with Crippen molar-refractivity contribution < 1.29 is 9.84 Å². The van der Waals surface area contributed by atoms with Crippen molar-refractivity contribution in [3.8, 4) is 0 Å². The summed E-state index contributed by atoms with van der Waals surface area (Å²) in [4.78, 5) is 0. The van der Waals surface area contributed by atoms with E-state index in [0.29, 0.717) is 11.8 Å². The summed E-state index contributed by atoms with van der Waals surface area (Å²) in [6.45, 7) is 9.60. The number of aliphatic hydroxyl groups is 1. The Morgan fingerprint density at radius 3 is 2.24 bits per heavy atom. The molecule has 0 radical (unpaired) electrons. The van der Waals surface area contributed by atoms with Crippen molar-refractivity contribution in [1.82, 2.24) is 0 Å². The molecule has 0 fully saturated rings. The second kappa shape index (κ2) is 11.3. The van der Waals surface area contributed by atoms with Gasteiger partial charge in [0, 0.05) is 6.61 Å². The zero-order valence-electron chi connectivity index (χ0n) is 13.9. The Morgan fingerprint density at radius 2 is 1.62 bits per heavy atom. The molecule has 0 aromatic carbocycles. The molecule has 0 amide bonds. The molecule has 0 bridgehead atoms. The van der Waals surface area contributed by atoms with E-state index < -0.39 is 0 Å².